The molecular weight excluding hydrogens is 524 g/mol. The number of halogens is 1. The van der Waals surface area contributed by atoms with Crippen LogP contribution in [0.5, 0.6) is 11.5 Å². The zero-order valence-corrected chi connectivity index (χ0v) is 22.4. The van der Waals surface area contributed by atoms with Gasteiger partial charge in [0.15, 0.2) is 11.5 Å². The SMILES string of the molecule is COc1ccc(S(=O)(=O)N(CC(=O)NC(c2ccccc2)c2ccccc2)c2ccc(Cl)cc2)cc1OC. The molecule has 0 aromatic heterocycles. The maximum Gasteiger partial charge on any atom is 0.264 e. The van der Waals surface area contributed by atoms with Crippen LogP contribution in [0.4, 0.5) is 5.69 Å². The van der Waals surface area contributed by atoms with Crippen molar-refractivity contribution in [3.63, 3.8) is 0 Å². The zero-order chi connectivity index (χ0) is 27.1. The fourth-order valence-electron chi connectivity index (χ4n) is 4.01. The van der Waals surface area contributed by atoms with E-state index in [4.69, 9.17) is 21.1 Å². The summed E-state index contributed by atoms with van der Waals surface area (Å²) in [7, 11) is -1.30. The van der Waals surface area contributed by atoms with Gasteiger partial charge in [-0.25, -0.2) is 8.42 Å². The van der Waals surface area contributed by atoms with Crippen LogP contribution in [-0.2, 0) is 14.8 Å². The van der Waals surface area contributed by atoms with E-state index in [-0.39, 0.29) is 16.3 Å². The summed E-state index contributed by atoms with van der Waals surface area (Å²) in [6.45, 7) is -0.464. The average Bonchev–Trinajstić information content (AvgIpc) is 2.95. The number of benzene rings is 4. The Morgan fingerprint density at radius 2 is 1.37 bits per heavy atom. The quantitative estimate of drug-likeness (QED) is 0.283. The molecule has 0 aliphatic carbocycles. The number of amides is 1. The van der Waals surface area contributed by atoms with Crippen molar-refractivity contribution in [2.75, 3.05) is 25.1 Å². The first-order valence-electron chi connectivity index (χ1n) is 11.7. The van der Waals surface area contributed by atoms with Crippen molar-refractivity contribution < 1.29 is 22.7 Å². The minimum Gasteiger partial charge on any atom is -0.493 e. The second-order valence-corrected chi connectivity index (χ2v) is 10.6. The number of hydrogen-bond acceptors (Lipinski definition) is 5. The molecule has 0 atom stereocenters. The van der Waals surface area contributed by atoms with Gasteiger partial charge >= 0.3 is 0 Å². The standard InChI is InChI=1S/C29H27ClN2O5S/c1-36-26-18-17-25(19-27(26)37-2)38(34,35)32(24-15-13-23(30)14-16-24)20-28(33)31-29(21-9-5-3-6-10-21)22-11-7-4-8-12-22/h3-19,29H,20H2,1-2H3,(H,31,33). The molecule has 9 heteroatoms. The molecule has 0 spiro atoms. The number of methoxy groups -OCH3 is 2. The Kier molecular flexibility index (Phi) is 8.55. The minimum atomic E-state index is -4.19. The molecule has 0 aliphatic heterocycles. The number of nitrogens with one attached hydrogen (secondary N) is 1. The van der Waals surface area contributed by atoms with Gasteiger partial charge < -0.3 is 14.8 Å². The number of sulfonamides is 1. The van der Waals surface area contributed by atoms with Gasteiger partial charge in [-0.1, -0.05) is 72.3 Å². The van der Waals surface area contributed by atoms with Crippen LogP contribution >= 0.6 is 11.6 Å². The fraction of sp³-hybridized carbons (Fsp3) is 0.138. The predicted octanol–water partition coefficient (Wildman–Crippen LogP) is 5.46. The third-order valence-corrected chi connectivity index (χ3v) is 7.94. The van der Waals surface area contributed by atoms with Crippen LogP contribution in [0.15, 0.2) is 108 Å². The molecule has 4 aromatic rings. The lowest BCUT2D eigenvalue weighted by Crippen LogP contribution is -2.42. The third kappa shape index (κ3) is 6.10. The highest BCUT2D eigenvalue weighted by Gasteiger charge is 2.29. The summed E-state index contributed by atoms with van der Waals surface area (Å²) in [6.07, 6.45) is 0. The lowest BCUT2D eigenvalue weighted by molar-refractivity contribution is -0.120. The highest BCUT2D eigenvalue weighted by atomic mass is 35.5. The Morgan fingerprint density at radius 3 is 1.89 bits per heavy atom. The second kappa shape index (κ2) is 12.0. The number of nitrogens with zero attached hydrogens (tertiary/aromatic N) is 1. The lowest BCUT2D eigenvalue weighted by Gasteiger charge is -2.26. The molecule has 1 N–H and O–H groups in total. The molecule has 0 aliphatic rings. The van der Waals surface area contributed by atoms with E-state index in [2.05, 4.69) is 5.32 Å². The Hall–Kier alpha value is -4.01. The summed E-state index contributed by atoms with van der Waals surface area (Å²) >= 11 is 6.05. The molecule has 0 fully saturated rings. The van der Waals surface area contributed by atoms with Gasteiger partial charge in [0.05, 0.1) is 30.8 Å². The molecule has 4 aromatic carbocycles. The Morgan fingerprint density at radius 1 is 0.816 bits per heavy atom. The molecule has 196 valence electrons. The van der Waals surface area contributed by atoms with Crippen molar-refractivity contribution in [3.05, 3.63) is 119 Å². The van der Waals surface area contributed by atoms with Crippen molar-refractivity contribution >= 4 is 33.2 Å². The summed E-state index contributed by atoms with van der Waals surface area (Å²) in [5.74, 6) is 0.153. The first-order chi connectivity index (χ1) is 18.3. The number of anilines is 1. The zero-order valence-electron chi connectivity index (χ0n) is 20.9. The van der Waals surface area contributed by atoms with E-state index in [1.165, 1.54) is 32.4 Å². The van der Waals surface area contributed by atoms with Gasteiger partial charge in [-0.05, 0) is 47.5 Å². The molecule has 4 rings (SSSR count). The first kappa shape index (κ1) is 27.0. The van der Waals surface area contributed by atoms with Gasteiger partial charge in [0.1, 0.15) is 6.54 Å². The second-order valence-electron chi connectivity index (χ2n) is 8.33. The summed E-state index contributed by atoms with van der Waals surface area (Å²) in [5.41, 5.74) is 2.02. The first-order valence-corrected chi connectivity index (χ1v) is 13.5. The van der Waals surface area contributed by atoms with Crippen LogP contribution in [-0.4, -0.2) is 35.1 Å². The van der Waals surface area contributed by atoms with Crippen LogP contribution in [0.25, 0.3) is 0 Å². The highest BCUT2D eigenvalue weighted by Crippen LogP contribution is 2.32. The highest BCUT2D eigenvalue weighted by molar-refractivity contribution is 7.92. The smallest absolute Gasteiger partial charge is 0.264 e. The lowest BCUT2D eigenvalue weighted by atomic mass is 9.99. The molecule has 0 saturated carbocycles. The monoisotopic (exact) mass is 550 g/mol. The molecule has 0 unspecified atom stereocenters. The van der Waals surface area contributed by atoms with Crippen molar-refractivity contribution in [1.29, 1.82) is 0 Å². The minimum absolute atomic E-state index is 0.0550. The van der Waals surface area contributed by atoms with Crippen LogP contribution in [0.2, 0.25) is 5.02 Å². The number of ether oxygens (including phenoxy) is 2. The number of carbonyl (C=O) groups is 1. The van der Waals surface area contributed by atoms with E-state index in [0.29, 0.717) is 10.8 Å². The molecule has 0 radical (unpaired) electrons. The van der Waals surface area contributed by atoms with Gasteiger partial charge in [-0.2, -0.15) is 0 Å². The number of rotatable bonds is 10. The van der Waals surface area contributed by atoms with Crippen LogP contribution in [0.1, 0.15) is 17.2 Å². The largest absolute Gasteiger partial charge is 0.493 e. The average molecular weight is 551 g/mol. The van der Waals surface area contributed by atoms with Gasteiger partial charge in [0.25, 0.3) is 10.0 Å². The maximum atomic E-state index is 13.9. The van der Waals surface area contributed by atoms with Crippen LogP contribution in [0, 0.1) is 0 Å². The van der Waals surface area contributed by atoms with Crippen molar-refractivity contribution in [2.24, 2.45) is 0 Å². The molecule has 1 amide bonds. The van der Waals surface area contributed by atoms with Crippen molar-refractivity contribution in [2.45, 2.75) is 10.9 Å². The van der Waals surface area contributed by atoms with E-state index in [1.807, 2.05) is 60.7 Å². The van der Waals surface area contributed by atoms with E-state index < -0.39 is 28.5 Å². The number of hydrogen-bond donors (Lipinski definition) is 1. The molecule has 7 nitrogen and oxygen atoms in total. The summed E-state index contributed by atoms with van der Waals surface area (Å²) < 4.78 is 39.3. The Labute approximate surface area is 227 Å². The van der Waals surface area contributed by atoms with Crippen LogP contribution < -0.4 is 19.1 Å². The van der Waals surface area contributed by atoms with E-state index >= 15 is 0 Å². The molecule has 0 saturated heterocycles. The molecule has 0 bridgehead atoms. The van der Waals surface area contributed by atoms with Crippen molar-refractivity contribution in [3.8, 4) is 11.5 Å². The van der Waals surface area contributed by atoms with Gasteiger partial charge in [-0.15, -0.1) is 0 Å². The number of carbonyl (C=O) groups excluding carboxylic acids is 1. The van der Waals surface area contributed by atoms with E-state index in [9.17, 15) is 13.2 Å². The fourth-order valence-corrected chi connectivity index (χ4v) is 5.58. The van der Waals surface area contributed by atoms with E-state index in [0.717, 1.165) is 15.4 Å². The van der Waals surface area contributed by atoms with Gasteiger partial charge in [-0.3, -0.25) is 9.10 Å². The van der Waals surface area contributed by atoms with E-state index in [1.54, 1.807) is 24.3 Å². The summed E-state index contributed by atoms with van der Waals surface area (Å²) in [4.78, 5) is 13.4. The molecular formula is C29H27ClN2O5S. The Bertz CT molecular complexity index is 1440. The van der Waals surface area contributed by atoms with Crippen molar-refractivity contribution in [1.82, 2.24) is 5.32 Å². The maximum absolute atomic E-state index is 13.9. The van der Waals surface area contributed by atoms with Gasteiger partial charge in [0, 0.05) is 11.1 Å². The normalized spacial score (nSPS) is 11.2. The Balaban J connectivity index is 1.70. The predicted molar refractivity (Wildman–Crippen MR) is 148 cm³/mol. The summed E-state index contributed by atoms with van der Waals surface area (Å²) in [6, 6.07) is 29.1. The third-order valence-electron chi connectivity index (χ3n) is 5.92. The summed E-state index contributed by atoms with van der Waals surface area (Å²) in [5, 5.41) is 3.45. The van der Waals surface area contributed by atoms with Gasteiger partial charge in [0.2, 0.25) is 5.91 Å². The van der Waals surface area contributed by atoms with Crippen LogP contribution in [0.3, 0.4) is 0 Å². The topological polar surface area (TPSA) is 84.9 Å². The molecule has 38 heavy (non-hydrogen) atoms. The molecule has 0 heterocycles.